The molecule has 1 saturated heterocycles. The second-order valence-corrected chi connectivity index (χ2v) is 7.03. The minimum atomic E-state index is 0.146. The van der Waals surface area contributed by atoms with Crippen LogP contribution in [0.4, 0.5) is 5.69 Å². The molecule has 1 atom stereocenters. The summed E-state index contributed by atoms with van der Waals surface area (Å²) in [5.41, 5.74) is 3.35. The Kier molecular flexibility index (Phi) is 4.43. The molecule has 0 saturated carbocycles. The molecular formula is C17H21N3OS. The van der Waals surface area contributed by atoms with E-state index in [-0.39, 0.29) is 11.9 Å². The Morgan fingerprint density at radius 1 is 1.41 bits per heavy atom. The number of benzene rings is 1. The molecule has 116 valence electrons. The molecule has 1 aromatic heterocycles. The molecule has 0 bridgehead atoms. The highest BCUT2D eigenvalue weighted by atomic mass is 32.1. The van der Waals surface area contributed by atoms with Crippen LogP contribution in [0.2, 0.25) is 0 Å². The normalized spacial score (nSPS) is 18.1. The van der Waals surface area contributed by atoms with Crippen molar-refractivity contribution in [2.75, 3.05) is 5.32 Å². The largest absolute Gasteiger partial charge is 0.379 e. The zero-order valence-electron chi connectivity index (χ0n) is 13.0. The fourth-order valence-corrected chi connectivity index (χ4v) is 3.59. The average molecular weight is 315 g/mol. The molecule has 2 aromatic rings. The molecule has 0 spiro atoms. The van der Waals surface area contributed by atoms with Gasteiger partial charge in [-0.25, -0.2) is 4.98 Å². The minimum Gasteiger partial charge on any atom is -0.379 e. The van der Waals surface area contributed by atoms with Crippen LogP contribution in [0.1, 0.15) is 46.4 Å². The highest BCUT2D eigenvalue weighted by Gasteiger charge is 2.19. The number of piperidine rings is 1. The third-order valence-electron chi connectivity index (χ3n) is 4.04. The van der Waals surface area contributed by atoms with Crippen molar-refractivity contribution in [3.05, 3.63) is 45.4 Å². The molecule has 2 N–H and O–H groups in total. The van der Waals surface area contributed by atoms with E-state index in [1.165, 1.54) is 10.4 Å². The Bertz CT molecular complexity index is 661. The summed E-state index contributed by atoms with van der Waals surface area (Å²) >= 11 is 1.74. The summed E-state index contributed by atoms with van der Waals surface area (Å²) in [7, 11) is 0. The zero-order chi connectivity index (χ0) is 15.5. The van der Waals surface area contributed by atoms with Crippen molar-refractivity contribution in [2.45, 2.75) is 45.7 Å². The Morgan fingerprint density at radius 3 is 3.00 bits per heavy atom. The molecule has 1 aliphatic rings. The molecule has 1 aliphatic heterocycles. The van der Waals surface area contributed by atoms with E-state index in [4.69, 9.17) is 0 Å². The number of hydrogen-bond donors (Lipinski definition) is 2. The molecule has 1 amide bonds. The third kappa shape index (κ3) is 3.47. The van der Waals surface area contributed by atoms with Crippen LogP contribution in [-0.2, 0) is 11.3 Å². The fourth-order valence-electron chi connectivity index (χ4n) is 2.71. The van der Waals surface area contributed by atoms with E-state index in [1.54, 1.807) is 11.3 Å². The van der Waals surface area contributed by atoms with Gasteiger partial charge in [0.1, 0.15) is 5.01 Å². The number of nitrogens with one attached hydrogen (secondary N) is 2. The first-order valence-corrected chi connectivity index (χ1v) is 8.49. The van der Waals surface area contributed by atoms with Crippen molar-refractivity contribution in [3.8, 4) is 0 Å². The number of nitrogens with zero attached hydrogens (tertiary/aromatic N) is 1. The topological polar surface area (TPSA) is 54.0 Å². The maximum absolute atomic E-state index is 11.5. The van der Waals surface area contributed by atoms with Gasteiger partial charge in [0.15, 0.2) is 0 Å². The van der Waals surface area contributed by atoms with Crippen molar-refractivity contribution in [1.82, 2.24) is 10.3 Å². The van der Waals surface area contributed by atoms with Gasteiger partial charge in [0, 0.05) is 17.0 Å². The molecule has 0 radical (unpaired) electrons. The van der Waals surface area contributed by atoms with Crippen LogP contribution in [0.25, 0.3) is 0 Å². The molecule has 0 aliphatic carbocycles. The highest BCUT2D eigenvalue weighted by molar-refractivity contribution is 7.11. The van der Waals surface area contributed by atoms with Gasteiger partial charge in [-0.2, -0.15) is 0 Å². The van der Waals surface area contributed by atoms with Gasteiger partial charge in [-0.3, -0.25) is 4.79 Å². The van der Waals surface area contributed by atoms with Gasteiger partial charge < -0.3 is 10.6 Å². The zero-order valence-corrected chi connectivity index (χ0v) is 13.8. The summed E-state index contributed by atoms with van der Waals surface area (Å²) in [5, 5.41) is 7.60. The Hall–Kier alpha value is -1.88. The molecule has 1 aromatic carbocycles. The predicted molar refractivity (Wildman–Crippen MR) is 90.1 cm³/mol. The first-order valence-electron chi connectivity index (χ1n) is 7.68. The fraction of sp³-hybridized carbons (Fsp3) is 0.412. The van der Waals surface area contributed by atoms with E-state index < -0.39 is 0 Å². The molecular weight excluding hydrogens is 294 g/mol. The van der Waals surface area contributed by atoms with Crippen LogP contribution in [0.15, 0.2) is 24.3 Å². The quantitative estimate of drug-likeness (QED) is 0.904. The third-order valence-corrected chi connectivity index (χ3v) is 5.11. The summed E-state index contributed by atoms with van der Waals surface area (Å²) < 4.78 is 0. The van der Waals surface area contributed by atoms with Gasteiger partial charge in [0.25, 0.3) is 0 Å². The Morgan fingerprint density at radius 2 is 2.27 bits per heavy atom. The van der Waals surface area contributed by atoms with E-state index in [0.717, 1.165) is 35.8 Å². The van der Waals surface area contributed by atoms with Crippen LogP contribution in [-0.4, -0.2) is 10.9 Å². The van der Waals surface area contributed by atoms with Crippen molar-refractivity contribution in [3.63, 3.8) is 0 Å². The van der Waals surface area contributed by atoms with Crippen LogP contribution in [0, 0.1) is 13.8 Å². The molecule has 4 nitrogen and oxygen atoms in total. The second-order valence-electron chi connectivity index (χ2n) is 5.74. The number of rotatable bonds is 4. The smallest absolute Gasteiger partial charge is 0.220 e. The first kappa shape index (κ1) is 15.0. The second kappa shape index (κ2) is 6.48. The monoisotopic (exact) mass is 315 g/mol. The maximum atomic E-state index is 11.5. The van der Waals surface area contributed by atoms with E-state index in [0.29, 0.717) is 6.42 Å². The number of carbonyl (C=O) groups is 1. The number of aryl methyl sites for hydroxylation is 2. The Labute approximate surface area is 135 Å². The summed E-state index contributed by atoms with van der Waals surface area (Å²) in [6, 6.07) is 8.45. The molecule has 1 unspecified atom stereocenters. The summed E-state index contributed by atoms with van der Waals surface area (Å²) in [6.07, 6.45) is 2.63. The summed E-state index contributed by atoms with van der Waals surface area (Å²) in [5.74, 6) is 0.156. The number of amides is 1. The first-order chi connectivity index (χ1) is 10.6. The van der Waals surface area contributed by atoms with Crippen molar-refractivity contribution in [1.29, 1.82) is 0 Å². The molecule has 1 fully saturated rings. The maximum Gasteiger partial charge on any atom is 0.220 e. The van der Waals surface area contributed by atoms with E-state index in [1.807, 2.05) is 13.0 Å². The van der Waals surface area contributed by atoms with Gasteiger partial charge in [0.05, 0.1) is 18.3 Å². The van der Waals surface area contributed by atoms with E-state index in [2.05, 4.69) is 40.7 Å². The van der Waals surface area contributed by atoms with Gasteiger partial charge in [-0.05, 0) is 44.4 Å². The number of thiazole rings is 1. The number of aromatic nitrogens is 1. The average Bonchev–Trinajstić information content (AvgIpc) is 2.84. The predicted octanol–water partition coefficient (Wildman–Crippen LogP) is 3.71. The Balaban J connectivity index is 1.67. The van der Waals surface area contributed by atoms with Crippen LogP contribution < -0.4 is 10.6 Å². The lowest BCUT2D eigenvalue weighted by Gasteiger charge is -2.24. The molecule has 2 heterocycles. The lowest BCUT2D eigenvalue weighted by atomic mass is 9.97. The van der Waals surface area contributed by atoms with Crippen LogP contribution in [0.5, 0.6) is 0 Å². The highest BCUT2D eigenvalue weighted by Crippen LogP contribution is 2.26. The SMILES string of the molecule is Cc1nc(CNc2cccc(C3CCCC(=O)N3)c2)sc1C. The molecule has 5 heteroatoms. The van der Waals surface area contributed by atoms with Gasteiger partial charge in [0.2, 0.25) is 5.91 Å². The minimum absolute atomic E-state index is 0.146. The van der Waals surface area contributed by atoms with Crippen molar-refractivity contribution < 1.29 is 4.79 Å². The number of anilines is 1. The van der Waals surface area contributed by atoms with Gasteiger partial charge in [-0.15, -0.1) is 11.3 Å². The molecule has 3 rings (SSSR count). The number of carbonyl (C=O) groups excluding carboxylic acids is 1. The van der Waals surface area contributed by atoms with Crippen LogP contribution in [0.3, 0.4) is 0 Å². The van der Waals surface area contributed by atoms with E-state index in [9.17, 15) is 4.79 Å². The lowest BCUT2D eigenvalue weighted by molar-refractivity contribution is -0.123. The summed E-state index contributed by atoms with van der Waals surface area (Å²) in [6.45, 7) is 4.88. The standard InChI is InChI=1S/C17H21N3OS/c1-11-12(2)22-17(19-11)10-18-14-6-3-5-13(9-14)15-7-4-8-16(21)20-15/h3,5-6,9,15,18H,4,7-8,10H2,1-2H3,(H,20,21). The van der Waals surface area contributed by atoms with Crippen molar-refractivity contribution in [2.24, 2.45) is 0 Å². The van der Waals surface area contributed by atoms with Crippen molar-refractivity contribution >= 4 is 22.9 Å². The summed E-state index contributed by atoms with van der Waals surface area (Å²) in [4.78, 5) is 17.4. The molecule has 22 heavy (non-hydrogen) atoms. The van der Waals surface area contributed by atoms with Crippen LogP contribution >= 0.6 is 11.3 Å². The van der Waals surface area contributed by atoms with Gasteiger partial charge >= 0.3 is 0 Å². The number of hydrogen-bond acceptors (Lipinski definition) is 4. The lowest BCUT2D eigenvalue weighted by Crippen LogP contribution is -2.32. The van der Waals surface area contributed by atoms with Gasteiger partial charge in [-0.1, -0.05) is 12.1 Å². The van der Waals surface area contributed by atoms with E-state index >= 15 is 0 Å².